The Morgan fingerprint density at radius 3 is 2.60 bits per heavy atom. The van der Waals surface area contributed by atoms with E-state index in [2.05, 4.69) is 62.9 Å². The fourth-order valence-corrected chi connectivity index (χ4v) is 2.83. The van der Waals surface area contributed by atoms with E-state index in [1.807, 2.05) is 12.5 Å². The lowest BCUT2D eigenvalue weighted by atomic mass is 9.93. The summed E-state index contributed by atoms with van der Waals surface area (Å²) < 4.78 is 3.33. The normalized spacial score (nSPS) is 12.5. The molecule has 2 rings (SSSR count). The van der Waals surface area contributed by atoms with Gasteiger partial charge in [-0.3, -0.25) is 0 Å². The average molecular weight is 335 g/mol. The maximum atomic E-state index is 4.15. The van der Waals surface area contributed by atoms with E-state index < -0.39 is 0 Å². The third-order valence-electron chi connectivity index (χ3n) is 3.74. The van der Waals surface area contributed by atoms with Gasteiger partial charge in [-0.1, -0.05) is 60.7 Å². The third-order valence-corrected chi connectivity index (χ3v) is 4.27. The zero-order chi connectivity index (χ0) is 14.2. The first kappa shape index (κ1) is 15.3. The van der Waals surface area contributed by atoms with Crippen LogP contribution in [0.4, 0.5) is 0 Å². The van der Waals surface area contributed by atoms with Crippen LogP contribution in [0.3, 0.4) is 0 Å². The van der Waals surface area contributed by atoms with Crippen molar-refractivity contribution in [3.63, 3.8) is 0 Å². The SMILES string of the molecule is CCCCCC[C@H](Cn1ccnc1)c1ccc(Br)cc1. The van der Waals surface area contributed by atoms with Crippen LogP contribution in [-0.4, -0.2) is 9.55 Å². The van der Waals surface area contributed by atoms with Gasteiger partial charge in [0.25, 0.3) is 0 Å². The van der Waals surface area contributed by atoms with Gasteiger partial charge in [-0.15, -0.1) is 0 Å². The second-order valence-corrected chi connectivity index (χ2v) is 6.27. The molecule has 20 heavy (non-hydrogen) atoms. The van der Waals surface area contributed by atoms with Crippen molar-refractivity contribution in [3.05, 3.63) is 53.0 Å². The fraction of sp³-hybridized carbons (Fsp3) is 0.471. The number of nitrogens with zero attached hydrogens (tertiary/aromatic N) is 2. The summed E-state index contributed by atoms with van der Waals surface area (Å²) in [7, 11) is 0. The Balaban J connectivity index is 2.00. The van der Waals surface area contributed by atoms with Crippen molar-refractivity contribution >= 4 is 15.9 Å². The molecule has 0 amide bonds. The summed E-state index contributed by atoms with van der Waals surface area (Å²) in [6, 6.07) is 8.77. The maximum Gasteiger partial charge on any atom is 0.0946 e. The van der Waals surface area contributed by atoms with Gasteiger partial charge in [0.1, 0.15) is 0 Å². The monoisotopic (exact) mass is 334 g/mol. The molecule has 0 saturated carbocycles. The summed E-state index contributed by atoms with van der Waals surface area (Å²) in [5.74, 6) is 0.578. The van der Waals surface area contributed by atoms with Crippen molar-refractivity contribution in [2.24, 2.45) is 0 Å². The minimum atomic E-state index is 0.578. The Labute approximate surface area is 130 Å². The minimum absolute atomic E-state index is 0.578. The summed E-state index contributed by atoms with van der Waals surface area (Å²) in [4.78, 5) is 4.15. The number of aromatic nitrogens is 2. The van der Waals surface area contributed by atoms with Crippen molar-refractivity contribution in [1.29, 1.82) is 0 Å². The zero-order valence-corrected chi connectivity index (χ0v) is 13.7. The van der Waals surface area contributed by atoms with E-state index in [9.17, 15) is 0 Å². The molecule has 0 aliphatic heterocycles. The van der Waals surface area contributed by atoms with Crippen molar-refractivity contribution in [2.45, 2.75) is 51.5 Å². The Morgan fingerprint density at radius 1 is 1.15 bits per heavy atom. The number of halogens is 1. The van der Waals surface area contributed by atoms with E-state index >= 15 is 0 Å². The molecule has 2 nitrogen and oxygen atoms in total. The number of benzene rings is 1. The van der Waals surface area contributed by atoms with E-state index in [-0.39, 0.29) is 0 Å². The van der Waals surface area contributed by atoms with Crippen LogP contribution in [0.1, 0.15) is 50.5 Å². The maximum absolute atomic E-state index is 4.15. The van der Waals surface area contributed by atoms with Gasteiger partial charge in [-0.2, -0.15) is 0 Å². The zero-order valence-electron chi connectivity index (χ0n) is 12.1. The molecule has 0 saturated heterocycles. The Bertz CT molecular complexity index is 476. The highest BCUT2D eigenvalue weighted by Gasteiger charge is 2.12. The predicted octanol–water partition coefficient (Wildman–Crippen LogP) is 5.40. The van der Waals surface area contributed by atoms with Crippen LogP contribution in [0.25, 0.3) is 0 Å². The lowest BCUT2D eigenvalue weighted by Crippen LogP contribution is -2.08. The average Bonchev–Trinajstić information content (AvgIpc) is 2.96. The van der Waals surface area contributed by atoms with Crippen molar-refractivity contribution < 1.29 is 0 Å². The highest BCUT2D eigenvalue weighted by atomic mass is 79.9. The summed E-state index contributed by atoms with van der Waals surface area (Å²) in [6.07, 6.45) is 12.4. The molecule has 1 heterocycles. The molecule has 1 atom stereocenters. The van der Waals surface area contributed by atoms with Gasteiger partial charge in [-0.05, 0) is 24.1 Å². The summed E-state index contributed by atoms with van der Waals surface area (Å²) in [5.41, 5.74) is 1.43. The van der Waals surface area contributed by atoms with Crippen LogP contribution in [0.5, 0.6) is 0 Å². The van der Waals surface area contributed by atoms with E-state index in [0.29, 0.717) is 5.92 Å². The first-order valence-electron chi connectivity index (χ1n) is 7.50. The molecular weight excluding hydrogens is 312 g/mol. The Morgan fingerprint density at radius 2 is 1.95 bits per heavy atom. The first-order valence-corrected chi connectivity index (χ1v) is 8.30. The molecular formula is C17H23BrN2. The molecule has 1 aromatic heterocycles. The first-order chi connectivity index (χ1) is 9.79. The molecule has 1 aromatic carbocycles. The van der Waals surface area contributed by atoms with Crippen LogP contribution < -0.4 is 0 Å². The number of hydrogen-bond donors (Lipinski definition) is 0. The molecule has 0 aliphatic rings. The van der Waals surface area contributed by atoms with Crippen LogP contribution in [0.2, 0.25) is 0 Å². The molecule has 0 aliphatic carbocycles. The minimum Gasteiger partial charge on any atom is -0.337 e. The van der Waals surface area contributed by atoms with Gasteiger partial charge in [-0.25, -0.2) is 4.98 Å². The van der Waals surface area contributed by atoms with E-state index in [1.54, 1.807) is 0 Å². The molecule has 0 unspecified atom stereocenters. The second-order valence-electron chi connectivity index (χ2n) is 5.36. The highest BCUT2D eigenvalue weighted by molar-refractivity contribution is 9.10. The van der Waals surface area contributed by atoms with Gasteiger partial charge in [0.15, 0.2) is 0 Å². The standard InChI is InChI=1S/C17H23BrN2/c1-2-3-4-5-6-16(13-20-12-11-19-14-20)15-7-9-17(18)10-8-15/h7-12,14,16H,2-6,13H2,1H3/t16-/m1/s1. The van der Waals surface area contributed by atoms with Crippen LogP contribution in [0.15, 0.2) is 47.5 Å². The largest absolute Gasteiger partial charge is 0.337 e. The van der Waals surface area contributed by atoms with Crippen LogP contribution >= 0.6 is 15.9 Å². The quantitative estimate of drug-likeness (QED) is 0.591. The van der Waals surface area contributed by atoms with Gasteiger partial charge >= 0.3 is 0 Å². The van der Waals surface area contributed by atoms with Gasteiger partial charge < -0.3 is 4.57 Å². The molecule has 0 N–H and O–H groups in total. The van der Waals surface area contributed by atoms with Gasteiger partial charge in [0.05, 0.1) is 6.33 Å². The lowest BCUT2D eigenvalue weighted by molar-refractivity contribution is 0.491. The predicted molar refractivity (Wildman–Crippen MR) is 87.9 cm³/mol. The van der Waals surface area contributed by atoms with Crippen LogP contribution in [-0.2, 0) is 6.54 Å². The number of hydrogen-bond acceptors (Lipinski definition) is 1. The molecule has 0 bridgehead atoms. The van der Waals surface area contributed by atoms with Gasteiger partial charge in [0, 0.05) is 29.3 Å². The molecule has 2 aromatic rings. The second kappa shape index (κ2) is 8.25. The van der Waals surface area contributed by atoms with Crippen LogP contribution in [0, 0.1) is 0 Å². The Kier molecular flexibility index (Phi) is 6.31. The summed E-state index contributed by atoms with van der Waals surface area (Å²) in [5, 5.41) is 0. The summed E-state index contributed by atoms with van der Waals surface area (Å²) >= 11 is 3.51. The van der Waals surface area contributed by atoms with Crippen molar-refractivity contribution in [1.82, 2.24) is 9.55 Å². The molecule has 0 radical (unpaired) electrons. The molecule has 0 fully saturated rings. The number of rotatable bonds is 8. The van der Waals surface area contributed by atoms with Gasteiger partial charge in [0.2, 0.25) is 0 Å². The fourth-order valence-electron chi connectivity index (χ4n) is 2.57. The Hall–Kier alpha value is -1.09. The molecule has 0 spiro atoms. The van der Waals surface area contributed by atoms with E-state index in [1.165, 1.54) is 37.7 Å². The molecule has 3 heteroatoms. The summed E-state index contributed by atoms with van der Waals surface area (Å²) in [6.45, 7) is 3.28. The number of unbranched alkanes of at least 4 members (excludes halogenated alkanes) is 3. The lowest BCUT2D eigenvalue weighted by Gasteiger charge is -2.18. The van der Waals surface area contributed by atoms with Crippen molar-refractivity contribution in [2.75, 3.05) is 0 Å². The molecule has 108 valence electrons. The van der Waals surface area contributed by atoms with E-state index in [0.717, 1.165) is 11.0 Å². The number of imidazole rings is 1. The highest BCUT2D eigenvalue weighted by Crippen LogP contribution is 2.26. The van der Waals surface area contributed by atoms with E-state index in [4.69, 9.17) is 0 Å². The third kappa shape index (κ3) is 4.78. The van der Waals surface area contributed by atoms with Crippen molar-refractivity contribution in [3.8, 4) is 0 Å². The topological polar surface area (TPSA) is 17.8 Å². The smallest absolute Gasteiger partial charge is 0.0946 e.